The van der Waals surface area contributed by atoms with Crippen molar-refractivity contribution < 1.29 is 19.4 Å². The molecule has 0 amide bonds. The molecule has 48 heavy (non-hydrogen) atoms. The number of hydrogen-bond donors (Lipinski definition) is 3. The number of hydrogen-bond acceptors (Lipinski definition) is 8. The number of rotatable bonds is 8. The number of carboxylic acids is 1. The second-order valence-electron chi connectivity index (χ2n) is 18.7. The second-order valence-corrected chi connectivity index (χ2v) is 18.7. The first-order valence-electron chi connectivity index (χ1n) is 19.0. The van der Waals surface area contributed by atoms with Gasteiger partial charge in [0, 0.05) is 23.0 Å². The number of anilines is 1. The molecule has 268 valence electrons. The maximum Gasteiger partial charge on any atom is 0.307 e. The van der Waals surface area contributed by atoms with Crippen molar-refractivity contribution in [3.63, 3.8) is 0 Å². The number of nitrogens with zero attached hydrogens (tertiary/aromatic N) is 4. The van der Waals surface area contributed by atoms with Gasteiger partial charge in [-0.15, -0.1) is 5.10 Å². The first-order chi connectivity index (χ1) is 22.5. The molecule has 0 spiro atoms. The van der Waals surface area contributed by atoms with Crippen LogP contribution in [0.2, 0.25) is 0 Å². The van der Waals surface area contributed by atoms with Crippen LogP contribution in [0.3, 0.4) is 0 Å². The number of fused-ring (bicyclic) bond motifs is 3. The molecule has 6 aliphatic rings. The smallest absolute Gasteiger partial charge is 0.307 e. The molecule has 1 aromatic heterocycles. The topological polar surface area (TPSA) is 151 Å². The fourth-order valence-electron chi connectivity index (χ4n) is 13.2. The van der Waals surface area contributed by atoms with E-state index in [2.05, 4.69) is 70.0 Å². The van der Waals surface area contributed by atoms with Crippen LogP contribution in [-0.4, -0.2) is 62.7 Å². The molecule has 0 aromatic carbocycles. The molecule has 1 aromatic rings. The molecule has 1 saturated heterocycles. The highest BCUT2D eigenvalue weighted by molar-refractivity contribution is 5.73. The summed E-state index contributed by atoms with van der Waals surface area (Å²) in [5, 5.41) is 24.2. The van der Waals surface area contributed by atoms with Gasteiger partial charge in [-0.25, -0.2) is 0 Å². The standard InChI is InChI=1S/C38H62N6O4/c1-23(2)24(3)33(4)16-17-35(6)25-10-11-28-34(5)21-47-22-38(28,26(25)12-15-36(35,7)29(33)31(45)46)20-27(44-42-32(39)41-43-44)30(34)48-19-18-37(40)13-8-9-14-37/h12,23-25,27-30H,8-11,13-22,40H2,1-7H3,(H2,39,42)(H,45,46)/t24-,25+,27-,28+,29-,30+,33-,34+,35-,36+,38?/m1/s1. The SMILES string of the molecule is CC(C)[C@@H](C)[C@@]1(C)CC[C@]2(C)[C@H]3CC[C@@H]4C5(COC[C@]4(C)[C@@H](OCCC4(N)CCCC4)[C@H](n4nnc(N)n4)C5)C3=CC[C@@]2(C)[C@@H]1C(=O)O. The Hall–Kier alpha value is -2.04. The quantitative estimate of drug-likeness (QED) is 0.267. The summed E-state index contributed by atoms with van der Waals surface area (Å²) in [4.78, 5) is 15.2. The van der Waals surface area contributed by atoms with Crippen molar-refractivity contribution in [2.24, 2.45) is 62.4 Å². The maximum atomic E-state index is 13.4. The molecule has 1 aliphatic heterocycles. The summed E-state index contributed by atoms with van der Waals surface area (Å²) in [6.45, 7) is 18.1. The van der Waals surface area contributed by atoms with Gasteiger partial charge in [-0.2, -0.15) is 4.80 Å². The van der Waals surface area contributed by atoms with E-state index in [1.165, 1.54) is 18.4 Å². The minimum absolute atomic E-state index is 0.139. The van der Waals surface area contributed by atoms with Gasteiger partial charge >= 0.3 is 5.97 Å². The lowest BCUT2D eigenvalue weighted by molar-refractivity contribution is -0.251. The number of carbonyl (C=O) groups is 1. The van der Waals surface area contributed by atoms with Crippen molar-refractivity contribution in [3.05, 3.63) is 11.6 Å². The summed E-state index contributed by atoms with van der Waals surface area (Å²) < 4.78 is 13.7. The Labute approximate surface area is 287 Å². The van der Waals surface area contributed by atoms with E-state index in [0.717, 1.165) is 57.8 Å². The van der Waals surface area contributed by atoms with Gasteiger partial charge in [0.2, 0.25) is 0 Å². The predicted molar refractivity (Wildman–Crippen MR) is 185 cm³/mol. The average molecular weight is 667 g/mol. The zero-order valence-corrected chi connectivity index (χ0v) is 30.6. The van der Waals surface area contributed by atoms with E-state index in [1.54, 1.807) is 4.80 Å². The number of aromatic nitrogens is 4. The number of tetrazole rings is 1. The second kappa shape index (κ2) is 11.5. The molecule has 2 bridgehead atoms. The Kier molecular flexibility index (Phi) is 8.24. The van der Waals surface area contributed by atoms with Crippen LogP contribution >= 0.6 is 0 Å². The third kappa shape index (κ3) is 4.73. The molecule has 2 heterocycles. The first kappa shape index (κ1) is 34.4. The molecule has 10 heteroatoms. The lowest BCUT2D eigenvalue weighted by Crippen LogP contribution is -2.69. The van der Waals surface area contributed by atoms with Crippen LogP contribution in [0.25, 0.3) is 0 Å². The van der Waals surface area contributed by atoms with Gasteiger partial charge in [0.25, 0.3) is 5.95 Å². The van der Waals surface area contributed by atoms with Crippen molar-refractivity contribution in [1.29, 1.82) is 0 Å². The van der Waals surface area contributed by atoms with Crippen LogP contribution in [0.1, 0.15) is 125 Å². The van der Waals surface area contributed by atoms with Crippen molar-refractivity contribution in [1.82, 2.24) is 20.2 Å². The normalized spacial score (nSPS) is 45.5. The molecule has 5 N–H and O–H groups in total. The number of aliphatic carboxylic acids is 1. The van der Waals surface area contributed by atoms with Crippen LogP contribution in [0, 0.1) is 56.7 Å². The Morgan fingerprint density at radius 3 is 2.46 bits per heavy atom. The summed E-state index contributed by atoms with van der Waals surface area (Å²) in [5.74, 6) is 0.549. The fourth-order valence-corrected chi connectivity index (χ4v) is 13.2. The van der Waals surface area contributed by atoms with Gasteiger partial charge in [-0.1, -0.05) is 78.1 Å². The van der Waals surface area contributed by atoms with Crippen LogP contribution in [0.15, 0.2) is 11.6 Å². The van der Waals surface area contributed by atoms with E-state index in [0.29, 0.717) is 43.5 Å². The van der Waals surface area contributed by atoms with E-state index in [-0.39, 0.29) is 50.7 Å². The van der Waals surface area contributed by atoms with E-state index in [4.69, 9.17) is 20.9 Å². The van der Waals surface area contributed by atoms with Crippen molar-refractivity contribution in [2.75, 3.05) is 25.6 Å². The van der Waals surface area contributed by atoms with E-state index >= 15 is 0 Å². The Morgan fingerprint density at radius 1 is 1.08 bits per heavy atom. The number of nitrogen functional groups attached to an aromatic ring is 1. The highest BCUT2D eigenvalue weighted by Crippen LogP contribution is 2.75. The largest absolute Gasteiger partial charge is 0.481 e. The van der Waals surface area contributed by atoms with Gasteiger partial charge in [-0.05, 0) is 103 Å². The lowest BCUT2D eigenvalue weighted by Gasteiger charge is -2.71. The zero-order chi connectivity index (χ0) is 34.5. The Morgan fingerprint density at radius 2 is 1.81 bits per heavy atom. The van der Waals surface area contributed by atoms with Crippen LogP contribution in [-0.2, 0) is 14.3 Å². The Bertz CT molecular complexity index is 1440. The minimum atomic E-state index is -0.625. The summed E-state index contributed by atoms with van der Waals surface area (Å²) in [7, 11) is 0. The number of carboxylic acid groups (broad SMARTS) is 1. The predicted octanol–water partition coefficient (Wildman–Crippen LogP) is 6.43. The summed E-state index contributed by atoms with van der Waals surface area (Å²) in [6, 6.07) is -0.147. The van der Waals surface area contributed by atoms with Crippen LogP contribution in [0.4, 0.5) is 5.95 Å². The number of allylic oxidation sites excluding steroid dienone is 1. The van der Waals surface area contributed by atoms with Crippen molar-refractivity contribution in [2.45, 2.75) is 137 Å². The third-order valence-electron chi connectivity index (χ3n) is 16.3. The van der Waals surface area contributed by atoms with E-state index < -0.39 is 11.9 Å². The van der Waals surface area contributed by atoms with Crippen LogP contribution in [0.5, 0.6) is 0 Å². The summed E-state index contributed by atoms with van der Waals surface area (Å²) in [6.07, 6.45) is 13.4. The highest BCUT2D eigenvalue weighted by atomic mass is 16.5. The zero-order valence-electron chi connectivity index (χ0n) is 30.6. The monoisotopic (exact) mass is 666 g/mol. The summed E-state index contributed by atoms with van der Waals surface area (Å²) >= 11 is 0. The molecule has 10 nitrogen and oxygen atoms in total. The van der Waals surface area contributed by atoms with Gasteiger partial charge in [0.05, 0.1) is 25.2 Å². The van der Waals surface area contributed by atoms with E-state index in [9.17, 15) is 9.90 Å². The molecular formula is C38H62N6O4. The molecule has 7 rings (SSSR count). The third-order valence-corrected chi connectivity index (χ3v) is 16.3. The Balaban J connectivity index is 1.28. The molecule has 0 radical (unpaired) electrons. The number of ether oxygens (including phenoxy) is 2. The van der Waals surface area contributed by atoms with E-state index in [1.807, 2.05) is 0 Å². The van der Waals surface area contributed by atoms with Gasteiger partial charge in [0.15, 0.2) is 0 Å². The van der Waals surface area contributed by atoms with Crippen molar-refractivity contribution in [3.8, 4) is 0 Å². The maximum absolute atomic E-state index is 13.4. The first-order valence-corrected chi connectivity index (χ1v) is 19.0. The molecule has 11 atom stereocenters. The minimum Gasteiger partial charge on any atom is -0.481 e. The van der Waals surface area contributed by atoms with Gasteiger partial charge in [0.1, 0.15) is 6.04 Å². The lowest BCUT2D eigenvalue weighted by atomic mass is 9.34. The average Bonchev–Trinajstić information content (AvgIpc) is 3.66. The molecule has 5 aliphatic carbocycles. The molecule has 4 saturated carbocycles. The van der Waals surface area contributed by atoms with Gasteiger partial charge in [-0.3, -0.25) is 4.79 Å². The van der Waals surface area contributed by atoms with Gasteiger partial charge < -0.3 is 26.0 Å². The highest BCUT2D eigenvalue weighted by Gasteiger charge is 2.72. The summed E-state index contributed by atoms with van der Waals surface area (Å²) in [5.41, 5.74) is 13.0. The fraction of sp³-hybridized carbons (Fsp3) is 0.895. The number of nitrogens with two attached hydrogens (primary N) is 2. The van der Waals surface area contributed by atoms with Crippen molar-refractivity contribution >= 4 is 11.9 Å². The molecular weight excluding hydrogens is 604 g/mol. The molecule has 5 fully saturated rings. The van der Waals surface area contributed by atoms with Crippen LogP contribution < -0.4 is 11.5 Å². The molecule has 1 unspecified atom stereocenters.